The highest BCUT2D eigenvalue weighted by Crippen LogP contribution is 2.16. The predicted octanol–water partition coefficient (Wildman–Crippen LogP) is 2.37. The molecule has 0 aliphatic heterocycles. The van der Waals surface area contributed by atoms with E-state index in [0.717, 1.165) is 5.56 Å². The molecule has 1 aromatic heterocycles. The zero-order valence-electron chi connectivity index (χ0n) is 7.41. The summed E-state index contributed by atoms with van der Waals surface area (Å²) in [5.74, 6) is -0.301. The third-order valence-electron chi connectivity index (χ3n) is 1.81. The second-order valence-corrected chi connectivity index (χ2v) is 3.29. The van der Waals surface area contributed by atoms with Gasteiger partial charge in [-0.1, -0.05) is 0 Å². The van der Waals surface area contributed by atoms with Crippen molar-refractivity contribution < 1.29 is 4.39 Å². The molecular formula is C9H7ClFN3. The molecule has 5 heteroatoms. The van der Waals surface area contributed by atoms with Gasteiger partial charge in [0.25, 0.3) is 0 Å². The van der Waals surface area contributed by atoms with E-state index in [1.165, 1.54) is 23.0 Å². The van der Waals surface area contributed by atoms with Crippen LogP contribution < -0.4 is 0 Å². The Labute approximate surface area is 85.1 Å². The average Bonchev–Trinajstić information content (AvgIpc) is 2.49. The number of nitrogens with zero attached hydrogens (tertiary/aromatic N) is 3. The molecule has 0 aliphatic rings. The second-order valence-electron chi connectivity index (χ2n) is 2.96. The van der Waals surface area contributed by atoms with Crippen molar-refractivity contribution >= 4 is 11.6 Å². The highest BCUT2D eigenvalue weighted by atomic mass is 35.5. The van der Waals surface area contributed by atoms with Crippen LogP contribution in [0.3, 0.4) is 0 Å². The summed E-state index contributed by atoms with van der Waals surface area (Å²) in [7, 11) is 0. The van der Waals surface area contributed by atoms with Crippen molar-refractivity contribution in [3.05, 3.63) is 41.2 Å². The van der Waals surface area contributed by atoms with E-state index in [4.69, 9.17) is 11.6 Å². The summed E-state index contributed by atoms with van der Waals surface area (Å²) >= 11 is 5.75. The Morgan fingerprint density at radius 1 is 1.36 bits per heavy atom. The van der Waals surface area contributed by atoms with Gasteiger partial charge in [0.05, 0.1) is 5.69 Å². The summed E-state index contributed by atoms with van der Waals surface area (Å²) in [5.41, 5.74) is 1.45. The van der Waals surface area contributed by atoms with E-state index < -0.39 is 0 Å². The van der Waals surface area contributed by atoms with E-state index in [0.29, 0.717) is 5.69 Å². The maximum atomic E-state index is 13.1. The van der Waals surface area contributed by atoms with Crippen LogP contribution in [0.4, 0.5) is 4.39 Å². The number of hydrogen-bond donors (Lipinski definition) is 0. The molecule has 0 aliphatic carbocycles. The monoisotopic (exact) mass is 211 g/mol. The first-order valence-corrected chi connectivity index (χ1v) is 4.38. The van der Waals surface area contributed by atoms with E-state index in [9.17, 15) is 4.39 Å². The molecule has 0 spiro atoms. The van der Waals surface area contributed by atoms with Crippen LogP contribution in [0.5, 0.6) is 0 Å². The van der Waals surface area contributed by atoms with Crippen LogP contribution in [-0.4, -0.2) is 14.8 Å². The number of halogens is 2. The van der Waals surface area contributed by atoms with Crippen molar-refractivity contribution in [2.45, 2.75) is 6.92 Å². The fraction of sp³-hybridized carbons (Fsp3) is 0.111. The first-order valence-electron chi connectivity index (χ1n) is 4.00. The van der Waals surface area contributed by atoms with Crippen LogP contribution in [0.25, 0.3) is 5.69 Å². The topological polar surface area (TPSA) is 30.7 Å². The minimum Gasteiger partial charge on any atom is -0.272 e. The molecule has 14 heavy (non-hydrogen) atoms. The normalized spacial score (nSPS) is 10.5. The van der Waals surface area contributed by atoms with Gasteiger partial charge in [-0.3, -0.25) is 4.57 Å². The van der Waals surface area contributed by atoms with Gasteiger partial charge in [0.15, 0.2) is 0 Å². The van der Waals surface area contributed by atoms with Crippen LogP contribution in [0.15, 0.2) is 24.5 Å². The highest BCUT2D eigenvalue weighted by molar-refractivity contribution is 6.28. The maximum absolute atomic E-state index is 13.1. The summed E-state index contributed by atoms with van der Waals surface area (Å²) in [6.07, 6.45) is 1.44. The predicted molar refractivity (Wildman–Crippen MR) is 51.1 cm³/mol. The van der Waals surface area contributed by atoms with Crippen molar-refractivity contribution in [3.63, 3.8) is 0 Å². The van der Waals surface area contributed by atoms with Crippen LogP contribution in [-0.2, 0) is 0 Å². The molecule has 0 saturated carbocycles. The molecular weight excluding hydrogens is 205 g/mol. The molecule has 2 aromatic rings. The Bertz CT molecular complexity index is 447. The number of aromatic nitrogens is 3. The molecule has 1 heterocycles. The van der Waals surface area contributed by atoms with Crippen molar-refractivity contribution in [2.24, 2.45) is 0 Å². The van der Waals surface area contributed by atoms with Crippen LogP contribution >= 0.6 is 11.6 Å². The van der Waals surface area contributed by atoms with Gasteiger partial charge in [-0.2, -0.15) is 0 Å². The Hall–Kier alpha value is -1.42. The zero-order chi connectivity index (χ0) is 10.1. The number of rotatable bonds is 1. The standard InChI is InChI=1S/C9H7ClFN3/c1-6-2-7(11)4-8(3-6)14-5-12-13-9(14)10/h2-5H,1H3. The summed E-state index contributed by atoms with van der Waals surface area (Å²) in [6.45, 7) is 1.81. The van der Waals surface area contributed by atoms with Gasteiger partial charge in [0.1, 0.15) is 12.1 Å². The highest BCUT2D eigenvalue weighted by Gasteiger charge is 2.04. The molecule has 72 valence electrons. The number of benzene rings is 1. The Kier molecular flexibility index (Phi) is 2.21. The first-order chi connectivity index (χ1) is 6.66. The van der Waals surface area contributed by atoms with Gasteiger partial charge in [-0.05, 0) is 42.3 Å². The molecule has 0 saturated heterocycles. The van der Waals surface area contributed by atoms with E-state index in [-0.39, 0.29) is 11.1 Å². The number of hydrogen-bond acceptors (Lipinski definition) is 2. The molecule has 0 N–H and O–H groups in total. The lowest BCUT2D eigenvalue weighted by Crippen LogP contribution is -1.94. The van der Waals surface area contributed by atoms with Crippen LogP contribution in [0, 0.1) is 12.7 Å². The molecule has 0 unspecified atom stereocenters. The van der Waals surface area contributed by atoms with Gasteiger partial charge in [0, 0.05) is 0 Å². The summed E-state index contributed by atoms with van der Waals surface area (Å²) in [4.78, 5) is 0. The maximum Gasteiger partial charge on any atom is 0.229 e. The lowest BCUT2D eigenvalue weighted by atomic mass is 10.2. The Morgan fingerprint density at radius 3 is 2.71 bits per heavy atom. The van der Waals surface area contributed by atoms with E-state index in [1.807, 2.05) is 6.92 Å². The van der Waals surface area contributed by atoms with E-state index >= 15 is 0 Å². The minimum absolute atomic E-state index is 0.218. The lowest BCUT2D eigenvalue weighted by molar-refractivity contribution is 0.625. The average molecular weight is 212 g/mol. The third kappa shape index (κ3) is 1.61. The second kappa shape index (κ2) is 3.38. The summed E-state index contributed by atoms with van der Waals surface area (Å²) < 4.78 is 14.6. The summed E-state index contributed by atoms with van der Waals surface area (Å²) in [5, 5.41) is 7.44. The SMILES string of the molecule is Cc1cc(F)cc(-n2cnnc2Cl)c1. The molecule has 1 aromatic carbocycles. The van der Waals surface area contributed by atoms with Gasteiger partial charge >= 0.3 is 0 Å². The molecule has 0 radical (unpaired) electrons. The molecule has 0 fully saturated rings. The molecule has 3 nitrogen and oxygen atoms in total. The number of aryl methyl sites for hydroxylation is 1. The van der Waals surface area contributed by atoms with Crippen molar-refractivity contribution in [1.29, 1.82) is 0 Å². The van der Waals surface area contributed by atoms with Crippen molar-refractivity contribution in [2.75, 3.05) is 0 Å². The van der Waals surface area contributed by atoms with Crippen LogP contribution in [0.1, 0.15) is 5.56 Å². The molecule has 0 amide bonds. The largest absolute Gasteiger partial charge is 0.272 e. The van der Waals surface area contributed by atoms with Crippen LogP contribution in [0.2, 0.25) is 5.28 Å². The molecule has 0 atom stereocenters. The lowest BCUT2D eigenvalue weighted by Gasteiger charge is -2.03. The Morgan fingerprint density at radius 2 is 2.14 bits per heavy atom. The minimum atomic E-state index is -0.301. The van der Waals surface area contributed by atoms with Gasteiger partial charge in [0.2, 0.25) is 5.28 Å². The fourth-order valence-corrected chi connectivity index (χ4v) is 1.44. The van der Waals surface area contributed by atoms with Gasteiger partial charge in [-0.15, -0.1) is 10.2 Å². The molecule has 2 rings (SSSR count). The van der Waals surface area contributed by atoms with E-state index in [1.54, 1.807) is 6.07 Å². The van der Waals surface area contributed by atoms with Gasteiger partial charge in [-0.25, -0.2) is 4.39 Å². The summed E-state index contributed by atoms with van der Waals surface area (Å²) in [6, 6.07) is 4.63. The Balaban J connectivity index is 2.57. The van der Waals surface area contributed by atoms with Gasteiger partial charge < -0.3 is 0 Å². The van der Waals surface area contributed by atoms with Crippen molar-refractivity contribution in [3.8, 4) is 5.69 Å². The fourth-order valence-electron chi connectivity index (χ4n) is 1.25. The molecule has 0 bridgehead atoms. The van der Waals surface area contributed by atoms with E-state index in [2.05, 4.69) is 10.2 Å². The third-order valence-corrected chi connectivity index (χ3v) is 2.07. The zero-order valence-corrected chi connectivity index (χ0v) is 8.16. The quantitative estimate of drug-likeness (QED) is 0.725. The first kappa shape index (κ1) is 9.15. The van der Waals surface area contributed by atoms with Crippen molar-refractivity contribution in [1.82, 2.24) is 14.8 Å². The smallest absolute Gasteiger partial charge is 0.229 e.